The fourth-order valence-electron chi connectivity index (χ4n) is 3.40. The van der Waals surface area contributed by atoms with Crippen LogP contribution in [0.5, 0.6) is 0 Å². The zero-order chi connectivity index (χ0) is 24.2. The van der Waals surface area contributed by atoms with Gasteiger partial charge in [0, 0.05) is 10.7 Å². The van der Waals surface area contributed by atoms with Crippen molar-refractivity contribution in [3.8, 4) is 11.8 Å². The third kappa shape index (κ3) is 4.72. The number of hydrogen-bond donors (Lipinski definition) is 1. The molecule has 0 saturated carbocycles. The summed E-state index contributed by atoms with van der Waals surface area (Å²) in [7, 11) is 0. The molecule has 0 spiro atoms. The number of anilines is 1. The molecule has 0 aliphatic carbocycles. The smallest absolute Gasteiger partial charge is 0.273 e. The number of aromatic nitrogens is 1. The van der Waals surface area contributed by atoms with Crippen LogP contribution in [0.2, 0.25) is 5.02 Å². The number of aryl methyl sites for hydroxylation is 2. The minimum atomic E-state index is -0.582. The highest BCUT2D eigenvalue weighted by Gasteiger charge is 2.17. The second-order valence-corrected chi connectivity index (χ2v) is 9.09. The molecule has 0 radical (unpaired) electrons. The predicted octanol–water partition coefficient (Wildman–Crippen LogP) is 4.31. The van der Waals surface area contributed by atoms with Crippen LogP contribution in [0.4, 0.5) is 5.69 Å². The van der Waals surface area contributed by atoms with E-state index in [0.717, 1.165) is 22.5 Å². The van der Waals surface area contributed by atoms with E-state index in [0.29, 0.717) is 26.5 Å². The summed E-state index contributed by atoms with van der Waals surface area (Å²) in [5.74, 6) is -0.582. The van der Waals surface area contributed by atoms with E-state index in [-0.39, 0.29) is 15.8 Å². The highest BCUT2D eigenvalue weighted by atomic mass is 35.5. The lowest BCUT2D eigenvalue weighted by Gasteiger charge is -2.07. The average Bonchev–Trinajstić information content (AvgIpc) is 3.14. The number of nitrogens with one attached hydrogen (secondary N) is 1. The van der Waals surface area contributed by atoms with E-state index in [4.69, 9.17) is 11.6 Å². The third-order valence-corrected chi connectivity index (χ3v) is 6.78. The van der Waals surface area contributed by atoms with Gasteiger partial charge in [0.2, 0.25) is 0 Å². The van der Waals surface area contributed by atoms with Crippen molar-refractivity contribution in [1.82, 2.24) is 4.57 Å². The minimum absolute atomic E-state index is 0.150. The molecule has 1 aromatic heterocycles. The largest absolute Gasteiger partial charge is 0.321 e. The lowest BCUT2D eigenvalue weighted by molar-refractivity contribution is -0.111. The fourth-order valence-corrected chi connectivity index (χ4v) is 4.69. The second kappa shape index (κ2) is 9.92. The number of benzene rings is 3. The SMILES string of the molecule is Cc1ccc(NC(=O)/C(C#N)=c2/s/c(=C/c3ccccc3Cl)c(=O)n2-c2ccccc2)cc1C. The quantitative estimate of drug-likeness (QED) is 0.468. The van der Waals surface area contributed by atoms with Crippen LogP contribution < -0.4 is 20.1 Å². The number of thiazole rings is 1. The van der Waals surface area contributed by atoms with Gasteiger partial charge in [0.05, 0.1) is 10.2 Å². The number of halogens is 1. The molecular weight excluding hydrogens is 466 g/mol. The molecule has 0 aliphatic rings. The van der Waals surface area contributed by atoms with Crippen LogP contribution in [0, 0.1) is 25.2 Å². The Kier molecular flexibility index (Phi) is 6.78. The zero-order valence-corrected chi connectivity index (χ0v) is 20.1. The van der Waals surface area contributed by atoms with Crippen molar-refractivity contribution >= 4 is 46.2 Å². The van der Waals surface area contributed by atoms with Gasteiger partial charge in [-0.05, 0) is 66.9 Å². The molecule has 1 heterocycles. The van der Waals surface area contributed by atoms with Crippen LogP contribution in [0.1, 0.15) is 16.7 Å². The standard InChI is InChI=1S/C27H20ClN3O2S/c1-17-12-13-20(14-18(17)2)30-25(32)22(16-29)27-31(21-9-4-3-5-10-21)26(33)24(34-27)15-19-8-6-7-11-23(19)28/h3-15H,1-2H3,(H,30,32)/b24-15+,27-22+. The molecule has 4 aromatic rings. The number of amides is 1. The van der Waals surface area contributed by atoms with Gasteiger partial charge in [-0.1, -0.05) is 54.1 Å². The van der Waals surface area contributed by atoms with E-state index in [2.05, 4.69) is 5.32 Å². The second-order valence-electron chi connectivity index (χ2n) is 7.65. The summed E-state index contributed by atoms with van der Waals surface area (Å²) in [4.78, 5) is 26.6. The van der Waals surface area contributed by atoms with Crippen molar-refractivity contribution < 1.29 is 4.79 Å². The molecule has 1 amide bonds. The van der Waals surface area contributed by atoms with Gasteiger partial charge in [0.25, 0.3) is 11.5 Å². The summed E-state index contributed by atoms with van der Waals surface area (Å²) in [5, 5.41) is 13.2. The first-order valence-electron chi connectivity index (χ1n) is 10.5. The monoisotopic (exact) mass is 485 g/mol. The van der Waals surface area contributed by atoms with Crippen molar-refractivity contribution in [2.75, 3.05) is 5.32 Å². The highest BCUT2D eigenvalue weighted by Crippen LogP contribution is 2.16. The molecule has 3 aromatic carbocycles. The fraction of sp³-hybridized carbons (Fsp3) is 0.0741. The summed E-state index contributed by atoms with van der Waals surface area (Å²) in [6.07, 6.45) is 1.68. The first-order valence-corrected chi connectivity index (χ1v) is 11.6. The van der Waals surface area contributed by atoms with Crippen LogP contribution in [0.3, 0.4) is 0 Å². The average molecular weight is 486 g/mol. The van der Waals surface area contributed by atoms with Crippen LogP contribution >= 0.6 is 22.9 Å². The Bertz CT molecular complexity index is 1610. The molecule has 1 N–H and O–H groups in total. The van der Waals surface area contributed by atoms with Crippen LogP contribution in [-0.2, 0) is 4.79 Å². The number of nitriles is 1. The number of carbonyl (C=O) groups is 1. The van der Waals surface area contributed by atoms with E-state index in [9.17, 15) is 14.9 Å². The molecular formula is C27H20ClN3O2S. The Balaban J connectivity index is 1.95. The van der Waals surface area contributed by atoms with Crippen molar-refractivity contribution in [1.29, 1.82) is 5.26 Å². The predicted molar refractivity (Wildman–Crippen MR) is 138 cm³/mol. The van der Waals surface area contributed by atoms with E-state index in [1.165, 1.54) is 4.57 Å². The minimum Gasteiger partial charge on any atom is -0.321 e. The number of para-hydroxylation sites is 1. The molecule has 0 aliphatic heterocycles. The summed E-state index contributed by atoms with van der Waals surface area (Å²) in [6.45, 7) is 3.93. The number of nitrogens with zero attached hydrogens (tertiary/aromatic N) is 2. The molecule has 0 unspecified atom stereocenters. The van der Waals surface area contributed by atoms with Gasteiger partial charge in [0.15, 0.2) is 5.57 Å². The van der Waals surface area contributed by atoms with E-state index in [1.54, 1.807) is 54.6 Å². The van der Waals surface area contributed by atoms with Crippen molar-refractivity contribution in [2.45, 2.75) is 13.8 Å². The first-order chi connectivity index (χ1) is 16.4. The molecule has 7 heteroatoms. The zero-order valence-electron chi connectivity index (χ0n) is 18.5. The summed E-state index contributed by atoms with van der Waals surface area (Å²) < 4.78 is 2.00. The molecule has 0 bridgehead atoms. The Morgan fingerprint density at radius 2 is 1.74 bits per heavy atom. The molecule has 0 saturated heterocycles. The number of hydrogen-bond acceptors (Lipinski definition) is 4. The van der Waals surface area contributed by atoms with Crippen molar-refractivity contribution in [2.24, 2.45) is 0 Å². The van der Waals surface area contributed by atoms with Gasteiger partial charge in [-0.2, -0.15) is 5.26 Å². The summed E-state index contributed by atoms with van der Waals surface area (Å²) >= 11 is 7.36. The summed E-state index contributed by atoms with van der Waals surface area (Å²) in [6, 6.07) is 23.6. The Morgan fingerprint density at radius 3 is 2.41 bits per heavy atom. The van der Waals surface area contributed by atoms with Crippen molar-refractivity contribution in [3.05, 3.63) is 114 Å². The first kappa shape index (κ1) is 23.2. The summed E-state index contributed by atoms with van der Waals surface area (Å²) in [5.41, 5.74) is 3.44. The topological polar surface area (TPSA) is 74.9 Å². The highest BCUT2D eigenvalue weighted by molar-refractivity contribution is 7.07. The maximum absolute atomic E-state index is 13.4. The van der Waals surface area contributed by atoms with Gasteiger partial charge >= 0.3 is 0 Å². The number of rotatable bonds is 4. The van der Waals surface area contributed by atoms with Gasteiger partial charge in [-0.15, -0.1) is 11.3 Å². The van der Waals surface area contributed by atoms with E-state index in [1.807, 2.05) is 44.2 Å². The van der Waals surface area contributed by atoms with E-state index < -0.39 is 5.91 Å². The van der Waals surface area contributed by atoms with Crippen LogP contribution in [0.15, 0.2) is 77.6 Å². The molecule has 4 rings (SSSR count). The maximum Gasteiger partial charge on any atom is 0.273 e. The number of carbonyl (C=O) groups excluding carboxylic acids is 1. The van der Waals surface area contributed by atoms with Gasteiger partial charge in [0.1, 0.15) is 10.7 Å². The lowest BCUT2D eigenvalue weighted by Crippen LogP contribution is -2.32. The Labute approximate surface area is 205 Å². The Morgan fingerprint density at radius 1 is 1.03 bits per heavy atom. The van der Waals surface area contributed by atoms with Crippen LogP contribution in [0.25, 0.3) is 17.3 Å². The molecule has 34 heavy (non-hydrogen) atoms. The molecule has 0 fully saturated rings. The maximum atomic E-state index is 13.4. The molecule has 0 atom stereocenters. The van der Waals surface area contributed by atoms with Gasteiger partial charge < -0.3 is 5.32 Å². The van der Waals surface area contributed by atoms with Gasteiger partial charge in [-0.3, -0.25) is 14.2 Å². The molecule has 5 nitrogen and oxygen atoms in total. The molecule has 168 valence electrons. The van der Waals surface area contributed by atoms with Crippen molar-refractivity contribution in [3.63, 3.8) is 0 Å². The third-order valence-electron chi connectivity index (χ3n) is 5.35. The van der Waals surface area contributed by atoms with Gasteiger partial charge in [-0.25, -0.2) is 0 Å². The lowest BCUT2D eigenvalue weighted by atomic mass is 10.1. The van der Waals surface area contributed by atoms with Crippen LogP contribution in [-0.4, -0.2) is 10.5 Å². The van der Waals surface area contributed by atoms with E-state index >= 15 is 0 Å². The Hall–Kier alpha value is -3.92. The normalized spacial score (nSPS) is 12.2.